The van der Waals surface area contributed by atoms with Gasteiger partial charge in [-0.15, -0.1) is 0 Å². The van der Waals surface area contributed by atoms with E-state index >= 15 is 0 Å². The number of hydrogen-bond donors (Lipinski definition) is 0. The highest BCUT2D eigenvalue weighted by Gasteiger charge is 2.23. The van der Waals surface area contributed by atoms with Crippen LogP contribution >= 0.6 is 0 Å². The molecule has 0 saturated carbocycles. The van der Waals surface area contributed by atoms with Crippen molar-refractivity contribution < 1.29 is 19.0 Å². The van der Waals surface area contributed by atoms with E-state index in [0.717, 1.165) is 6.61 Å². The summed E-state index contributed by atoms with van der Waals surface area (Å²) in [6.45, 7) is 1.29. The van der Waals surface area contributed by atoms with E-state index in [-0.39, 0.29) is 12.1 Å². The molecule has 1 aromatic rings. The average Bonchev–Trinajstić information content (AvgIpc) is 3.09. The lowest BCUT2D eigenvalue weighted by molar-refractivity contribution is 0.0600. The number of carbonyl (C=O) groups is 1. The molecule has 0 spiro atoms. The molecule has 0 aliphatic carbocycles. The molecule has 0 N–H and O–H groups in total. The molecule has 0 bridgehead atoms. The van der Waals surface area contributed by atoms with E-state index in [0.29, 0.717) is 17.9 Å². The lowest BCUT2D eigenvalue weighted by Gasteiger charge is -2.05. The van der Waals surface area contributed by atoms with Crippen molar-refractivity contribution in [3.8, 4) is 5.75 Å². The molecule has 15 heavy (non-hydrogen) atoms. The van der Waals surface area contributed by atoms with E-state index < -0.39 is 0 Å². The monoisotopic (exact) mass is 208 g/mol. The topological polar surface area (TPSA) is 48.1 Å². The van der Waals surface area contributed by atoms with Crippen LogP contribution < -0.4 is 4.74 Å². The standard InChI is InChI=1S/C11H12O4/c1-13-11(12)8-3-2-4-9(5-8)14-6-10-7-15-10/h2-5,10H,6-7H2,1H3/t10-/m1/s1. The van der Waals surface area contributed by atoms with Gasteiger partial charge in [-0.05, 0) is 18.2 Å². The molecule has 1 fully saturated rings. The zero-order chi connectivity index (χ0) is 10.7. The zero-order valence-corrected chi connectivity index (χ0v) is 8.43. The minimum Gasteiger partial charge on any atom is -0.491 e. The van der Waals surface area contributed by atoms with Crippen LogP contribution in [0.4, 0.5) is 0 Å². The first-order valence-electron chi connectivity index (χ1n) is 4.72. The Morgan fingerprint density at radius 1 is 1.60 bits per heavy atom. The molecule has 1 heterocycles. The summed E-state index contributed by atoms with van der Waals surface area (Å²) < 4.78 is 15.1. The third-order valence-electron chi connectivity index (χ3n) is 2.09. The Morgan fingerprint density at radius 3 is 3.07 bits per heavy atom. The van der Waals surface area contributed by atoms with Crippen LogP contribution in [0.25, 0.3) is 0 Å². The Labute approximate surface area is 87.8 Å². The van der Waals surface area contributed by atoms with Crippen LogP contribution in [-0.4, -0.2) is 32.4 Å². The molecule has 0 amide bonds. The minimum atomic E-state index is -0.358. The van der Waals surface area contributed by atoms with Gasteiger partial charge in [-0.3, -0.25) is 0 Å². The molecule has 0 unspecified atom stereocenters. The second-order valence-electron chi connectivity index (χ2n) is 3.29. The maximum absolute atomic E-state index is 11.2. The summed E-state index contributed by atoms with van der Waals surface area (Å²) in [7, 11) is 1.36. The number of hydrogen-bond acceptors (Lipinski definition) is 4. The molecule has 0 aromatic heterocycles. The largest absolute Gasteiger partial charge is 0.491 e. The summed E-state index contributed by atoms with van der Waals surface area (Å²) in [5, 5.41) is 0. The van der Waals surface area contributed by atoms with Gasteiger partial charge in [0.25, 0.3) is 0 Å². The number of carbonyl (C=O) groups excluding carboxylic acids is 1. The summed E-state index contributed by atoms with van der Waals surface area (Å²) in [6.07, 6.45) is 0.215. The molecule has 1 aliphatic rings. The highest BCUT2D eigenvalue weighted by Crippen LogP contribution is 2.16. The number of methoxy groups -OCH3 is 1. The Kier molecular flexibility index (Phi) is 2.87. The van der Waals surface area contributed by atoms with Gasteiger partial charge in [0.1, 0.15) is 18.5 Å². The molecule has 1 aliphatic heterocycles. The highest BCUT2D eigenvalue weighted by atomic mass is 16.6. The van der Waals surface area contributed by atoms with Gasteiger partial charge in [0, 0.05) is 0 Å². The van der Waals surface area contributed by atoms with Crippen LogP contribution in [0.3, 0.4) is 0 Å². The van der Waals surface area contributed by atoms with Crippen LogP contribution in [-0.2, 0) is 9.47 Å². The first-order valence-corrected chi connectivity index (χ1v) is 4.72. The van der Waals surface area contributed by atoms with Crippen molar-refractivity contribution in [1.82, 2.24) is 0 Å². The van der Waals surface area contributed by atoms with E-state index in [4.69, 9.17) is 9.47 Å². The van der Waals surface area contributed by atoms with Crippen molar-refractivity contribution >= 4 is 5.97 Å². The van der Waals surface area contributed by atoms with Gasteiger partial charge in [0.15, 0.2) is 0 Å². The summed E-state index contributed by atoms with van der Waals surface area (Å²) in [4.78, 5) is 11.2. The molecular weight excluding hydrogens is 196 g/mol. The van der Waals surface area contributed by atoms with Crippen molar-refractivity contribution in [2.45, 2.75) is 6.10 Å². The normalized spacial score (nSPS) is 18.3. The van der Waals surface area contributed by atoms with E-state index in [9.17, 15) is 4.79 Å². The number of ether oxygens (including phenoxy) is 3. The lowest BCUT2D eigenvalue weighted by atomic mass is 10.2. The van der Waals surface area contributed by atoms with Crippen molar-refractivity contribution in [3.05, 3.63) is 29.8 Å². The smallest absolute Gasteiger partial charge is 0.337 e. The summed E-state index contributed by atoms with van der Waals surface area (Å²) in [5.74, 6) is 0.302. The Morgan fingerprint density at radius 2 is 2.40 bits per heavy atom. The number of benzene rings is 1. The van der Waals surface area contributed by atoms with Gasteiger partial charge < -0.3 is 14.2 Å². The Balaban J connectivity index is 2.00. The highest BCUT2D eigenvalue weighted by molar-refractivity contribution is 5.89. The molecule has 1 saturated heterocycles. The van der Waals surface area contributed by atoms with Crippen molar-refractivity contribution in [2.75, 3.05) is 20.3 Å². The third-order valence-corrected chi connectivity index (χ3v) is 2.09. The van der Waals surface area contributed by atoms with Crippen LogP contribution in [0.2, 0.25) is 0 Å². The van der Waals surface area contributed by atoms with E-state index in [1.165, 1.54) is 7.11 Å². The molecular formula is C11H12O4. The average molecular weight is 208 g/mol. The second kappa shape index (κ2) is 4.31. The fraction of sp³-hybridized carbons (Fsp3) is 0.364. The summed E-state index contributed by atoms with van der Waals surface area (Å²) in [6, 6.07) is 6.91. The van der Waals surface area contributed by atoms with Gasteiger partial charge in [-0.25, -0.2) is 4.79 Å². The molecule has 1 aromatic carbocycles. The Bertz CT molecular complexity index is 357. The number of esters is 1. The SMILES string of the molecule is COC(=O)c1cccc(OC[C@@H]2CO2)c1. The predicted octanol–water partition coefficient (Wildman–Crippen LogP) is 1.25. The van der Waals surface area contributed by atoms with Crippen molar-refractivity contribution in [3.63, 3.8) is 0 Å². The summed E-state index contributed by atoms with van der Waals surface area (Å²) in [5.41, 5.74) is 0.492. The van der Waals surface area contributed by atoms with E-state index in [1.807, 2.05) is 0 Å². The van der Waals surface area contributed by atoms with Gasteiger partial charge in [-0.1, -0.05) is 6.07 Å². The van der Waals surface area contributed by atoms with Gasteiger partial charge in [0.05, 0.1) is 19.3 Å². The third kappa shape index (κ3) is 2.70. The Hall–Kier alpha value is -1.55. The molecule has 80 valence electrons. The number of rotatable bonds is 4. The van der Waals surface area contributed by atoms with Gasteiger partial charge in [-0.2, -0.15) is 0 Å². The van der Waals surface area contributed by atoms with Crippen LogP contribution in [0.5, 0.6) is 5.75 Å². The fourth-order valence-electron chi connectivity index (χ4n) is 1.18. The van der Waals surface area contributed by atoms with Gasteiger partial charge >= 0.3 is 5.97 Å². The van der Waals surface area contributed by atoms with Gasteiger partial charge in [0.2, 0.25) is 0 Å². The van der Waals surface area contributed by atoms with Crippen molar-refractivity contribution in [1.29, 1.82) is 0 Å². The maximum atomic E-state index is 11.2. The molecule has 2 rings (SSSR count). The quantitative estimate of drug-likeness (QED) is 0.552. The first kappa shape index (κ1) is 9.98. The fourth-order valence-corrected chi connectivity index (χ4v) is 1.18. The van der Waals surface area contributed by atoms with Crippen molar-refractivity contribution in [2.24, 2.45) is 0 Å². The van der Waals surface area contributed by atoms with Crippen LogP contribution in [0.15, 0.2) is 24.3 Å². The molecule has 1 atom stereocenters. The zero-order valence-electron chi connectivity index (χ0n) is 8.43. The molecule has 4 nitrogen and oxygen atoms in total. The molecule has 0 radical (unpaired) electrons. The van der Waals surface area contributed by atoms with Crippen LogP contribution in [0.1, 0.15) is 10.4 Å². The molecule has 4 heteroatoms. The van der Waals surface area contributed by atoms with E-state index in [2.05, 4.69) is 4.74 Å². The van der Waals surface area contributed by atoms with Crippen LogP contribution in [0, 0.1) is 0 Å². The first-order chi connectivity index (χ1) is 7.29. The second-order valence-corrected chi connectivity index (χ2v) is 3.29. The maximum Gasteiger partial charge on any atom is 0.337 e. The van der Waals surface area contributed by atoms with E-state index in [1.54, 1.807) is 24.3 Å². The predicted molar refractivity (Wildman–Crippen MR) is 53.0 cm³/mol. The minimum absolute atomic E-state index is 0.215. The lowest BCUT2D eigenvalue weighted by Crippen LogP contribution is -2.05. The summed E-state index contributed by atoms with van der Waals surface area (Å²) >= 11 is 0. The number of epoxide rings is 1.